The molecule has 0 aliphatic heterocycles. The van der Waals surface area contributed by atoms with Gasteiger partial charge < -0.3 is 13.9 Å². The van der Waals surface area contributed by atoms with E-state index in [0.29, 0.717) is 0 Å². The molecule has 0 amide bonds. The number of hydrogen-bond acceptors (Lipinski definition) is 2. The lowest BCUT2D eigenvalue weighted by Gasteiger charge is -2.30. The van der Waals surface area contributed by atoms with Crippen molar-refractivity contribution in [2.45, 2.75) is 0 Å². The highest BCUT2D eigenvalue weighted by Gasteiger charge is 2.24. The lowest BCUT2D eigenvalue weighted by atomic mass is 9.87. The molecule has 0 unspecified atom stereocenters. The fourth-order valence-corrected chi connectivity index (χ4v) is 9.53. The number of furan rings is 1. The van der Waals surface area contributed by atoms with Crippen molar-refractivity contribution < 1.29 is 4.42 Å². The van der Waals surface area contributed by atoms with Crippen LogP contribution in [-0.4, -0.2) is 4.57 Å². The molecule has 0 saturated carbocycles. The first-order valence-corrected chi connectivity index (χ1v) is 21.5. The zero-order chi connectivity index (χ0) is 41.7. The Hall–Kier alpha value is -8.40. The minimum Gasteiger partial charge on any atom is -0.456 e. The third kappa shape index (κ3) is 6.29. The van der Waals surface area contributed by atoms with E-state index in [-0.39, 0.29) is 0 Å². The molecule has 0 aliphatic carbocycles. The van der Waals surface area contributed by atoms with E-state index in [9.17, 15) is 0 Å². The summed E-state index contributed by atoms with van der Waals surface area (Å²) in [6.45, 7) is 0. The van der Waals surface area contributed by atoms with Crippen LogP contribution in [0.5, 0.6) is 0 Å². The van der Waals surface area contributed by atoms with Gasteiger partial charge in [0.1, 0.15) is 11.2 Å². The molecule has 0 spiro atoms. The predicted molar refractivity (Wildman–Crippen MR) is 264 cm³/mol. The Labute approximate surface area is 366 Å². The fraction of sp³-hybridized carbons (Fsp3) is 0. The molecule has 2 heterocycles. The Bertz CT molecular complexity index is 3600. The van der Waals surface area contributed by atoms with Crippen LogP contribution in [0.15, 0.2) is 247 Å². The molecule has 0 atom stereocenters. The van der Waals surface area contributed by atoms with E-state index in [1.807, 2.05) is 12.1 Å². The van der Waals surface area contributed by atoms with Crippen LogP contribution in [0, 0.1) is 0 Å². The predicted octanol–water partition coefficient (Wildman–Crippen LogP) is 16.8. The zero-order valence-electron chi connectivity index (χ0n) is 34.4. The molecule has 10 aromatic carbocycles. The Morgan fingerprint density at radius 3 is 1.65 bits per heavy atom. The largest absolute Gasteiger partial charge is 0.456 e. The molecular formula is C60H40N2O. The summed E-state index contributed by atoms with van der Waals surface area (Å²) < 4.78 is 8.72. The van der Waals surface area contributed by atoms with Crippen LogP contribution in [0.1, 0.15) is 0 Å². The Kier molecular flexibility index (Phi) is 8.83. The van der Waals surface area contributed by atoms with Crippen molar-refractivity contribution in [3.8, 4) is 50.2 Å². The van der Waals surface area contributed by atoms with Gasteiger partial charge in [-0.05, 0) is 106 Å². The summed E-state index contributed by atoms with van der Waals surface area (Å²) in [5.41, 5.74) is 17.7. The highest BCUT2D eigenvalue weighted by Crippen LogP contribution is 2.49. The summed E-state index contributed by atoms with van der Waals surface area (Å²) in [5, 5.41) is 4.70. The van der Waals surface area contributed by atoms with Gasteiger partial charge in [-0.3, -0.25) is 0 Å². The Morgan fingerprint density at radius 2 is 0.873 bits per heavy atom. The van der Waals surface area contributed by atoms with E-state index in [4.69, 9.17) is 4.42 Å². The number of rotatable bonds is 8. The molecule has 2 aromatic heterocycles. The van der Waals surface area contributed by atoms with Gasteiger partial charge in [-0.2, -0.15) is 0 Å². The van der Waals surface area contributed by atoms with Crippen molar-refractivity contribution in [1.29, 1.82) is 0 Å². The summed E-state index contributed by atoms with van der Waals surface area (Å²) >= 11 is 0. The van der Waals surface area contributed by atoms with Crippen molar-refractivity contribution in [3.63, 3.8) is 0 Å². The highest BCUT2D eigenvalue weighted by atomic mass is 16.3. The standard InChI is InChI=1S/C60H40N2O/c1-4-17-42(18-5-1)48-23-10-11-26-54(48)60-49(43-19-6-2-7-20-43)27-16-29-56(60)61(46-34-31-41(32-35-46)44-33-37-53-52-25-13-15-30-58(52)63-59(53)39-44)47-36-38-51-50-24-12-14-28-55(50)62(57(51)40-47)45-21-8-3-9-22-45/h1-40H. The number of benzene rings is 10. The normalized spacial score (nSPS) is 11.5. The molecule has 12 aromatic rings. The van der Waals surface area contributed by atoms with Gasteiger partial charge >= 0.3 is 0 Å². The zero-order valence-corrected chi connectivity index (χ0v) is 34.4. The third-order valence-corrected chi connectivity index (χ3v) is 12.4. The van der Waals surface area contributed by atoms with Crippen LogP contribution >= 0.6 is 0 Å². The minimum atomic E-state index is 0.890. The van der Waals surface area contributed by atoms with E-state index in [2.05, 4.69) is 240 Å². The first-order chi connectivity index (χ1) is 31.3. The van der Waals surface area contributed by atoms with Gasteiger partial charge in [-0.1, -0.05) is 176 Å². The lowest BCUT2D eigenvalue weighted by molar-refractivity contribution is 0.669. The number of fused-ring (bicyclic) bond motifs is 6. The molecule has 0 N–H and O–H groups in total. The van der Waals surface area contributed by atoms with Gasteiger partial charge in [-0.15, -0.1) is 0 Å². The summed E-state index contributed by atoms with van der Waals surface area (Å²) in [5.74, 6) is 0. The average Bonchev–Trinajstić information content (AvgIpc) is 3.90. The lowest BCUT2D eigenvalue weighted by Crippen LogP contribution is -2.12. The van der Waals surface area contributed by atoms with Crippen LogP contribution < -0.4 is 4.90 Å². The van der Waals surface area contributed by atoms with Crippen molar-refractivity contribution >= 4 is 60.8 Å². The second-order valence-electron chi connectivity index (χ2n) is 16.1. The van der Waals surface area contributed by atoms with E-state index >= 15 is 0 Å². The SMILES string of the molecule is c1ccc(-c2ccccc2-c2c(-c3ccccc3)cccc2N(c2ccc(-c3ccc4c(c3)oc3ccccc34)cc2)c2ccc3c4ccccc4n(-c4ccccc4)c3c2)cc1. The van der Waals surface area contributed by atoms with Crippen molar-refractivity contribution in [3.05, 3.63) is 243 Å². The van der Waals surface area contributed by atoms with Crippen molar-refractivity contribution in [1.82, 2.24) is 4.57 Å². The molecule has 0 bridgehead atoms. The quantitative estimate of drug-likeness (QED) is 0.153. The molecule has 296 valence electrons. The van der Waals surface area contributed by atoms with E-state index < -0.39 is 0 Å². The van der Waals surface area contributed by atoms with Gasteiger partial charge in [0.2, 0.25) is 0 Å². The Balaban J connectivity index is 1.11. The van der Waals surface area contributed by atoms with Crippen LogP contribution in [0.3, 0.4) is 0 Å². The second-order valence-corrected chi connectivity index (χ2v) is 16.1. The van der Waals surface area contributed by atoms with Crippen LogP contribution in [-0.2, 0) is 0 Å². The summed E-state index contributed by atoms with van der Waals surface area (Å²) in [7, 11) is 0. The van der Waals surface area contributed by atoms with Gasteiger partial charge in [0.25, 0.3) is 0 Å². The first-order valence-electron chi connectivity index (χ1n) is 21.5. The maximum Gasteiger partial charge on any atom is 0.136 e. The summed E-state index contributed by atoms with van der Waals surface area (Å²) in [6, 6.07) is 87.3. The summed E-state index contributed by atoms with van der Waals surface area (Å²) in [4.78, 5) is 2.45. The second kappa shape index (κ2) is 15.3. The molecule has 0 saturated heterocycles. The minimum absolute atomic E-state index is 0.890. The van der Waals surface area contributed by atoms with Crippen molar-refractivity contribution in [2.75, 3.05) is 4.90 Å². The molecule has 0 aliphatic rings. The first kappa shape index (κ1) is 36.5. The summed E-state index contributed by atoms with van der Waals surface area (Å²) in [6.07, 6.45) is 0. The molecule has 3 heteroatoms. The number of hydrogen-bond donors (Lipinski definition) is 0. The van der Waals surface area contributed by atoms with Gasteiger partial charge in [-0.25, -0.2) is 0 Å². The van der Waals surface area contributed by atoms with E-state index in [1.165, 1.54) is 33.0 Å². The van der Waals surface area contributed by atoms with Crippen LogP contribution in [0.2, 0.25) is 0 Å². The molecule has 0 radical (unpaired) electrons. The fourth-order valence-electron chi connectivity index (χ4n) is 9.53. The molecular weight excluding hydrogens is 765 g/mol. The number of para-hydroxylation sites is 3. The van der Waals surface area contributed by atoms with Crippen molar-refractivity contribution in [2.24, 2.45) is 0 Å². The monoisotopic (exact) mass is 804 g/mol. The van der Waals surface area contributed by atoms with E-state index in [0.717, 1.165) is 78.0 Å². The molecule has 63 heavy (non-hydrogen) atoms. The number of aromatic nitrogens is 1. The topological polar surface area (TPSA) is 21.3 Å². The third-order valence-electron chi connectivity index (χ3n) is 12.4. The van der Waals surface area contributed by atoms with Crippen LogP contribution in [0.4, 0.5) is 17.1 Å². The van der Waals surface area contributed by atoms with Gasteiger partial charge in [0.05, 0.1) is 16.7 Å². The highest BCUT2D eigenvalue weighted by molar-refractivity contribution is 6.11. The number of nitrogens with zero attached hydrogens (tertiary/aromatic N) is 2. The van der Waals surface area contributed by atoms with E-state index in [1.54, 1.807) is 0 Å². The average molecular weight is 805 g/mol. The van der Waals surface area contributed by atoms with Gasteiger partial charge in [0, 0.05) is 44.2 Å². The van der Waals surface area contributed by atoms with Gasteiger partial charge in [0.15, 0.2) is 0 Å². The maximum absolute atomic E-state index is 6.32. The molecule has 0 fully saturated rings. The number of anilines is 3. The van der Waals surface area contributed by atoms with Crippen LogP contribution in [0.25, 0.3) is 93.9 Å². The maximum atomic E-state index is 6.32. The Morgan fingerprint density at radius 1 is 0.317 bits per heavy atom. The molecule has 12 rings (SSSR count). The molecule has 3 nitrogen and oxygen atoms in total. The smallest absolute Gasteiger partial charge is 0.136 e.